The van der Waals surface area contributed by atoms with Crippen LogP contribution in [0.15, 0.2) is 18.2 Å². The standard InChI is InChI=1S/C12H11F3O2/c13-12(14,15)7-10(16)8-3-4-11-9(6-8)2-1-5-17-11/h3-4,6H,1-2,5,7H2. The summed E-state index contributed by atoms with van der Waals surface area (Å²) in [7, 11) is 0. The van der Waals surface area contributed by atoms with E-state index in [4.69, 9.17) is 4.74 Å². The van der Waals surface area contributed by atoms with Crippen LogP contribution >= 0.6 is 0 Å². The fraction of sp³-hybridized carbons (Fsp3) is 0.417. The van der Waals surface area contributed by atoms with Crippen molar-refractivity contribution in [1.82, 2.24) is 0 Å². The van der Waals surface area contributed by atoms with Crippen LogP contribution < -0.4 is 4.74 Å². The fourth-order valence-electron chi connectivity index (χ4n) is 1.82. The summed E-state index contributed by atoms with van der Waals surface area (Å²) in [5, 5.41) is 0. The van der Waals surface area contributed by atoms with E-state index in [9.17, 15) is 18.0 Å². The molecule has 0 unspecified atom stereocenters. The van der Waals surface area contributed by atoms with E-state index in [2.05, 4.69) is 0 Å². The van der Waals surface area contributed by atoms with Crippen molar-refractivity contribution in [3.05, 3.63) is 29.3 Å². The van der Waals surface area contributed by atoms with Crippen LogP contribution in [-0.2, 0) is 6.42 Å². The molecule has 0 atom stereocenters. The molecule has 1 aliphatic heterocycles. The van der Waals surface area contributed by atoms with E-state index >= 15 is 0 Å². The van der Waals surface area contributed by atoms with Gasteiger partial charge in [0.15, 0.2) is 5.78 Å². The first-order valence-electron chi connectivity index (χ1n) is 5.31. The number of rotatable bonds is 2. The van der Waals surface area contributed by atoms with E-state index in [0.29, 0.717) is 12.4 Å². The van der Waals surface area contributed by atoms with Crippen LogP contribution in [0.2, 0.25) is 0 Å². The zero-order chi connectivity index (χ0) is 12.5. The van der Waals surface area contributed by atoms with E-state index in [1.54, 1.807) is 6.07 Å². The number of benzene rings is 1. The van der Waals surface area contributed by atoms with Gasteiger partial charge >= 0.3 is 6.18 Å². The minimum absolute atomic E-state index is 0.103. The maximum atomic E-state index is 12.1. The number of halogens is 3. The second kappa shape index (κ2) is 4.39. The van der Waals surface area contributed by atoms with Gasteiger partial charge in [-0.15, -0.1) is 0 Å². The van der Waals surface area contributed by atoms with Gasteiger partial charge in [0.2, 0.25) is 0 Å². The average molecular weight is 244 g/mol. The predicted octanol–water partition coefficient (Wildman–Crippen LogP) is 3.15. The highest BCUT2D eigenvalue weighted by molar-refractivity contribution is 5.96. The van der Waals surface area contributed by atoms with Crippen molar-refractivity contribution in [1.29, 1.82) is 0 Å². The van der Waals surface area contributed by atoms with Gasteiger partial charge in [-0.25, -0.2) is 0 Å². The van der Waals surface area contributed by atoms with E-state index in [1.165, 1.54) is 12.1 Å². The van der Waals surface area contributed by atoms with Crippen molar-refractivity contribution in [2.24, 2.45) is 0 Å². The van der Waals surface area contributed by atoms with Gasteiger partial charge in [0.05, 0.1) is 6.61 Å². The fourth-order valence-corrected chi connectivity index (χ4v) is 1.82. The molecule has 0 aromatic heterocycles. The molecule has 0 spiro atoms. The third-order valence-electron chi connectivity index (χ3n) is 2.59. The molecule has 2 nitrogen and oxygen atoms in total. The molecule has 1 aromatic rings. The van der Waals surface area contributed by atoms with Gasteiger partial charge in [-0.1, -0.05) is 0 Å². The highest BCUT2D eigenvalue weighted by Gasteiger charge is 2.31. The van der Waals surface area contributed by atoms with Crippen LogP contribution in [0.4, 0.5) is 13.2 Å². The number of fused-ring (bicyclic) bond motifs is 1. The average Bonchev–Trinajstić information content (AvgIpc) is 2.26. The molecule has 92 valence electrons. The van der Waals surface area contributed by atoms with Crippen molar-refractivity contribution in [3.63, 3.8) is 0 Å². The van der Waals surface area contributed by atoms with Crippen molar-refractivity contribution in [2.75, 3.05) is 6.61 Å². The van der Waals surface area contributed by atoms with E-state index in [-0.39, 0.29) is 5.56 Å². The molecule has 0 bridgehead atoms. The Morgan fingerprint density at radius 2 is 2.12 bits per heavy atom. The van der Waals surface area contributed by atoms with Crippen molar-refractivity contribution < 1.29 is 22.7 Å². The maximum Gasteiger partial charge on any atom is 0.396 e. The monoisotopic (exact) mass is 244 g/mol. The summed E-state index contributed by atoms with van der Waals surface area (Å²) in [6, 6.07) is 4.46. The number of aryl methyl sites for hydroxylation is 1. The first-order chi connectivity index (χ1) is 7.96. The zero-order valence-electron chi connectivity index (χ0n) is 9.01. The molecule has 1 aliphatic rings. The number of hydrogen-bond donors (Lipinski definition) is 0. The summed E-state index contributed by atoms with van der Waals surface area (Å²) in [4.78, 5) is 11.4. The summed E-state index contributed by atoms with van der Waals surface area (Å²) in [5.74, 6) is -0.231. The summed E-state index contributed by atoms with van der Waals surface area (Å²) in [5.41, 5.74) is 0.913. The first-order valence-corrected chi connectivity index (χ1v) is 5.31. The van der Waals surface area contributed by atoms with Crippen LogP contribution in [0.5, 0.6) is 5.75 Å². The van der Waals surface area contributed by atoms with Gasteiger partial charge in [-0.3, -0.25) is 4.79 Å². The number of ketones is 1. The Labute approximate surface area is 96.4 Å². The van der Waals surface area contributed by atoms with Gasteiger partial charge in [0.1, 0.15) is 12.2 Å². The summed E-state index contributed by atoms with van der Waals surface area (Å²) in [6.45, 7) is 0.614. The summed E-state index contributed by atoms with van der Waals surface area (Å²) >= 11 is 0. The third-order valence-corrected chi connectivity index (χ3v) is 2.59. The second-order valence-corrected chi connectivity index (χ2v) is 3.99. The maximum absolute atomic E-state index is 12.1. The Balaban J connectivity index is 2.19. The number of ether oxygens (including phenoxy) is 1. The van der Waals surface area contributed by atoms with Gasteiger partial charge < -0.3 is 4.74 Å². The molecule has 0 fully saturated rings. The minimum Gasteiger partial charge on any atom is -0.493 e. The Morgan fingerprint density at radius 1 is 1.35 bits per heavy atom. The second-order valence-electron chi connectivity index (χ2n) is 3.99. The molecule has 0 saturated carbocycles. The summed E-state index contributed by atoms with van der Waals surface area (Å²) in [6.07, 6.45) is -4.30. The first kappa shape index (κ1) is 12.0. The van der Waals surface area contributed by atoms with Crippen LogP contribution in [0.25, 0.3) is 0 Å². The van der Waals surface area contributed by atoms with Crippen LogP contribution in [-0.4, -0.2) is 18.6 Å². The van der Waals surface area contributed by atoms with Gasteiger partial charge in [0.25, 0.3) is 0 Å². The quantitative estimate of drug-likeness (QED) is 0.747. The Kier molecular flexibility index (Phi) is 3.09. The van der Waals surface area contributed by atoms with Gasteiger partial charge in [-0.05, 0) is 36.6 Å². The lowest BCUT2D eigenvalue weighted by molar-refractivity contribution is -0.125. The third kappa shape index (κ3) is 2.99. The lowest BCUT2D eigenvalue weighted by atomic mass is 10.00. The van der Waals surface area contributed by atoms with Crippen molar-refractivity contribution >= 4 is 5.78 Å². The largest absolute Gasteiger partial charge is 0.493 e. The van der Waals surface area contributed by atoms with Crippen LogP contribution in [0, 0.1) is 0 Å². The van der Waals surface area contributed by atoms with Crippen LogP contribution in [0.3, 0.4) is 0 Å². The Hall–Kier alpha value is -1.52. The number of hydrogen-bond acceptors (Lipinski definition) is 2. The highest BCUT2D eigenvalue weighted by Crippen LogP contribution is 2.28. The molecule has 0 saturated heterocycles. The highest BCUT2D eigenvalue weighted by atomic mass is 19.4. The minimum atomic E-state index is -4.45. The van der Waals surface area contributed by atoms with E-state index in [0.717, 1.165) is 18.4 Å². The van der Waals surface area contributed by atoms with Crippen molar-refractivity contribution in [3.8, 4) is 5.75 Å². The van der Waals surface area contributed by atoms with E-state index < -0.39 is 18.4 Å². The molecular formula is C12H11F3O2. The molecule has 0 N–H and O–H groups in total. The molecule has 0 radical (unpaired) electrons. The number of carbonyl (C=O) groups is 1. The Morgan fingerprint density at radius 3 is 2.82 bits per heavy atom. The summed E-state index contributed by atoms with van der Waals surface area (Å²) < 4.78 is 41.6. The Bertz CT molecular complexity index is 438. The zero-order valence-corrected chi connectivity index (χ0v) is 9.01. The topological polar surface area (TPSA) is 26.3 Å². The SMILES string of the molecule is O=C(CC(F)(F)F)c1ccc2c(c1)CCCO2. The van der Waals surface area contributed by atoms with Crippen LogP contribution in [0.1, 0.15) is 28.8 Å². The number of carbonyl (C=O) groups excluding carboxylic acids is 1. The number of alkyl halides is 3. The number of Topliss-reactive ketones (excluding diaryl/α,β-unsaturated/α-hetero) is 1. The lowest BCUT2D eigenvalue weighted by Gasteiger charge is -2.17. The lowest BCUT2D eigenvalue weighted by Crippen LogP contribution is -2.16. The van der Waals surface area contributed by atoms with Gasteiger partial charge in [0, 0.05) is 5.56 Å². The molecule has 5 heteroatoms. The van der Waals surface area contributed by atoms with Crippen molar-refractivity contribution in [2.45, 2.75) is 25.4 Å². The molecular weight excluding hydrogens is 233 g/mol. The molecule has 0 aliphatic carbocycles. The predicted molar refractivity (Wildman–Crippen MR) is 55.3 cm³/mol. The molecule has 17 heavy (non-hydrogen) atoms. The molecule has 1 aromatic carbocycles. The van der Waals surface area contributed by atoms with E-state index in [1.807, 2.05) is 0 Å². The molecule has 2 rings (SSSR count). The smallest absolute Gasteiger partial charge is 0.396 e. The molecule has 0 amide bonds. The van der Waals surface area contributed by atoms with Gasteiger partial charge in [-0.2, -0.15) is 13.2 Å². The normalized spacial score (nSPS) is 15.0. The molecule has 1 heterocycles.